The summed E-state index contributed by atoms with van der Waals surface area (Å²) in [6, 6.07) is 11.5. The highest BCUT2D eigenvalue weighted by Gasteiger charge is 2.26. The van der Waals surface area contributed by atoms with Crippen LogP contribution in [0.4, 0.5) is 5.69 Å². The number of carbonyl (C=O) groups excluding carboxylic acids is 1. The Balaban J connectivity index is 1.26. The van der Waals surface area contributed by atoms with E-state index in [0.717, 1.165) is 62.4 Å². The van der Waals surface area contributed by atoms with Gasteiger partial charge in [-0.1, -0.05) is 17.7 Å². The smallest absolute Gasteiger partial charge is 0.281 e. The molecule has 0 spiro atoms. The summed E-state index contributed by atoms with van der Waals surface area (Å²) in [5.74, 6) is 0.148. The minimum atomic E-state index is -1.60. The molecule has 0 bridgehead atoms. The van der Waals surface area contributed by atoms with E-state index >= 15 is 0 Å². The molecule has 0 aliphatic carbocycles. The number of benzene rings is 2. The molecule has 2 aromatic carbocycles. The number of fused-ring (bicyclic) bond motifs is 3. The largest absolute Gasteiger partial charge is 0.370 e. The quantitative estimate of drug-likeness (QED) is 0.373. The van der Waals surface area contributed by atoms with Gasteiger partial charge in [0.05, 0.1) is 17.4 Å². The molecule has 2 aliphatic heterocycles. The number of likely N-dealkylation sites (tertiary alicyclic amines) is 1. The number of anilines is 1. The van der Waals surface area contributed by atoms with Crippen LogP contribution in [0.2, 0.25) is 0 Å². The molecule has 210 valence electrons. The Morgan fingerprint density at radius 2 is 1.95 bits per heavy atom. The normalized spacial score (nSPS) is 19.4. The molecule has 3 N–H and O–H groups in total. The molecule has 4 aromatic rings. The molecule has 2 aliphatic rings. The number of H-pyrrole nitrogens is 1. The van der Waals surface area contributed by atoms with Gasteiger partial charge in [-0.25, -0.2) is 13.9 Å². The Kier molecular flexibility index (Phi) is 7.15. The van der Waals surface area contributed by atoms with Crippen LogP contribution in [-0.2, 0) is 15.6 Å². The van der Waals surface area contributed by atoms with Crippen molar-refractivity contribution in [2.45, 2.75) is 42.7 Å². The van der Waals surface area contributed by atoms with Gasteiger partial charge in [0, 0.05) is 55.9 Å². The third kappa shape index (κ3) is 5.02. The number of rotatable bonds is 5. The standard InChI is InChI=1S/C28H34N8O3S/c1-18-4-7-24(19(2)14-18)40(39)28-26-30-27(38)22-6-5-21(15-23(22)36(26)32-31-28)34-10-3-9-33(12-13-34)17-25(37)35-11-8-20(29)16-35/h4-7,14-15,20,32H,3,8-13,16-17,29H2,1-2H3. The third-order valence-corrected chi connectivity index (χ3v) is 9.39. The average molecular weight is 563 g/mol. The van der Waals surface area contributed by atoms with Gasteiger partial charge in [0.1, 0.15) is 10.8 Å². The van der Waals surface area contributed by atoms with E-state index < -0.39 is 10.8 Å². The first kappa shape index (κ1) is 26.6. The van der Waals surface area contributed by atoms with Crippen LogP contribution >= 0.6 is 0 Å². The molecule has 2 atom stereocenters. The lowest BCUT2D eigenvalue weighted by Gasteiger charge is -2.25. The van der Waals surface area contributed by atoms with Crippen molar-refractivity contribution in [3.63, 3.8) is 0 Å². The van der Waals surface area contributed by atoms with Gasteiger partial charge < -0.3 is 15.5 Å². The lowest BCUT2D eigenvalue weighted by molar-refractivity contribution is -0.131. The molecule has 2 saturated heterocycles. The Hall–Kier alpha value is -3.61. The maximum atomic E-state index is 13.5. The molecule has 12 heteroatoms. The summed E-state index contributed by atoms with van der Waals surface area (Å²) < 4.78 is 15.1. The zero-order valence-corrected chi connectivity index (χ0v) is 23.6. The van der Waals surface area contributed by atoms with Gasteiger partial charge in [0.25, 0.3) is 5.56 Å². The van der Waals surface area contributed by atoms with Crippen LogP contribution in [0.3, 0.4) is 0 Å². The summed E-state index contributed by atoms with van der Waals surface area (Å²) in [4.78, 5) is 37.0. The van der Waals surface area contributed by atoms with Crippen molar-refractivity contribution < 1.29 is 9.00 Å². The highest BCUT2D eigenvalue weighted by molar-refractivity contribution is 7.85. The maximum Gasteiger partial charge on any atom is 0.281 e. The Morgan fingerprint density at radius 1 is 1.10 bits per heavy atom. The van der Waals surface area contributed by atoms with Crippen LogP contribution in [0.5, 0.6) is 0 Å². The molecule has 6 rings (SSSR count). The molecule has 11 nitrogen and oxygen atoms in total. The first-order valence-corrected chi connectivity index (χ1v) is 14.8. The zero-order chi connectivity index (χ0) is 28.0. The molecule has 0 saturated carbocycles. The van der Waals surface area contributed by atoms with Crippen LogP contribution in [0.1, 0.15) is 24.0 Å². The van der Waals surface area contributed by atoms with Crippen molar-refractivity contribution in [3.8, 4) is 0 Å². The topological polar surface area (TPSA) is 133 Å². The predicted octanol–water partition coefficient (Wildman–Crippen LogP) is 1.43. The average Bonchev–Trinajstić information content (AvgIpc) is 3.49. The second-order valence-electron chi connectivity index (χ2n) is 10.8. The molecular formula is C28H34N8O3S. The number of hydrogen-bond donors (Lipinski definition) is 2. The predicted molar refractivity (Wildman–Crippen MR) is 154 cm³/mol. The number of hydrogen-bond acceptors (Lipinski definition) is 8. The lowest BCUT2D eigenvalue weighted by Crippen LogP contribution is -2.41. The van der Waals surface area contributed by atoms with Crippen LogP contribution in [0, 0.1) is 13.8 Å². The molecule has 2 aromatic heterocycles. The summed E-state index contributed by atoms with van der Waals surface area (Å²) in [6.45, 7) is 8.89. The summed E-state index contributed by atoms with van der Waals surface area (Å²) >= 11 is 0. The van der Waals surface area contributed by atoms with Gasteiger partial charge in [-0.2, -0.15) is 4.98 Å². The minimum Gasteiger partial charge on any atom is -0.370 e. The van der Waals surface area contributed by atoms with Crippen LogP contribution in [0.15, 0.2) is 51.1 Å². The first-order valence-electron chi connectivity index (χ1n) is 13.7. The SMILES string of the molecule is Cc1ccc(S(=O)c2n[nH]n3c2nc(=O)c2ccc(N4CCCN(CC(=O)N5CCC(N)C5)CC4)cc23)c(C)c1. The Bertz CT molecular complexity index is 1680. The van der Waals surface area contributed by atoms with Crippen molar-refractivity contribution >= 4 is 38.9 Å². The minimum absolute atomic E-state index is 0.0864. The maximum absolute atomic E-state index is 13.5. The number of nitrogens with one attached hydrogen (secondary N) is 1. The molecule has 40 heavy (non-hydrogen) atoms. The molecule has 1 amide bonds. The summed E-state index contributed by atoms with van der Waals surface area (Å²) in [5.41, 5.74) is 9.43. The van der Waals surface area contributed by atoms with Gasteiger partial charge in [-0.05, 0) is 56.5 Å². The van der Waals surface area contributed by atoms with E-state index in [2.05, 4.69) is 25.1 Å². The van der Waals surface area contributed by atoms with Crippen LogP contribution < -0.4 is 16.2 Å². The van der Waals surface area contributed by atoms with Gasteiger partial charge in [-0.3, -0.25) is 14.5 Å². The number of nitrogens with zero attached hydrogens (tertiary/aromatic N) is 6. The van der Waals surface area contributed by atoms with E-state index in [1.54, 1.807) is 10.6 Å². The van der Waals surface area contributed by atoms with Gasteiger partial charge >= 0.3 is 0 Å². The zero-order valence-electron chi connectivity index (χ0n) is 22.8. The second-order valence-corrected chi connectivity index (χ2v) is 12.2. The Morgan fingerprint density at radius 3 is 2.73 bits per heavy atom. The number of amides is 1. The second kappa shape index (κ2) is 10.8. The molecular weight excluding hydrogens is 528 g/mol. The highest BCUT2D eigenvalue weighted by Crippen LogP contribution is 2.25. The van der Waals surface area contributed by atoms with Crippen molar-refractivity contribution in [2.24, 2.45) is 5.73 Å². The van der Waals surface area contributed by atoms with Gasteiger partial charge in [0.2, 0.25) is 5.91 Å². The van der Waals surface area contributed by atoms with E-state index in [4.69, 9.17) is 5.73 Å². The molecule has 4 heterocycles. The van der Waals surface area contributed by atoms with Gasteiger partial charge in [0.15, 0.2) is 10.7 Å². The van der Waals surface area contributed by atoms with E-state index in [9.17, 15) is 13.8 Å². The first-order chi connectivity index (χ1) is 19.3. The summed E-state index contributed by atoms with van der Waals surface area (Å²) in [5, 5.41) is 7.95. The highest BCUT2D eigenvalue weighted by atomic mass is 32.2. The Labute approximate surface area is 234 Å². The molecule has 2 unspecified atom stereocenters. The van der Waals surface area contributed by atoms with Crippen molar-refractivity contribution in [3.05, 3.63) is 57.9 Å². The van der Waals surface area contributed by atoms with Crippen molar-refractivity contribution in [2.75, 3.05) is 50.7 Å². The number of aromatic amines is 1. The van der Waals surface area contributed by atoms with Crippen molar-refractivity contribution in [1.29, 1.82) is 0 Å². The number of aromatic nitrogens is 4. The van der Waals surface area contributed by atoms with E-state index in [1.165, 1.54) is 0 Å². The lowest BCUT2D eigenvalue weighted by atomic mass is 10.2. The summed E-state index contributed by atoms with van der Waals surface area (Å²) in [6.07, 6.45) is 1.78. The summed E-state index contributed by atoms with van der Waals surface area (Å²) in [7, 11) is -1.60. The fourth-order valence-corrected chi connectivity index (χ4v) is 6.90. The fourth-order valence-electron chi connectivity index (χ4n) is 5.72. The van der Waals surface area contributed by atoms with Crippen LogP contribution in [-0.4, -0.2) is 91.6 Å². The van der Waals surface area contributed by atoms with E-state index in [1.807, 2.05) is 49.1 Å². The number of nitrogens with two attached hydrogens (primary N) is 1. The third-order valence-electron chi connectivity index (χ3n) is 7.91. The molecule has 2 fully saturated rings. The van der Waals surface area contributed by atoms with E-state index in [0.29, 0.717) is 28.9 Å². The monoisotopic (exact) mass is 562 g/mol. The molecule has 0 radical (unpaired) electrons. The van der Waals surface area contributed by atoms with E-state index in [-0.39, 0.29) is 28.2 Å². The fraction of sp³-hybridized carbons (Fsp3) is 0.429. The van der Waals surface area contributed by atoms with Crippen molar-refractivity contribution in [1.82, 2.24) is 29.6 Å². The van der Waals surface area contributed by atoms with Gasteiger partial charge in [-0.15, -0.1) is 5.10 Å². The van der Waals surface area contributed by atoms with Crippen LogP contribution in [0.25, 0.3) is 16.6 Å². The number of carbonyl (C=O) groups is 1. The number of aryl methyl sites for hydroxylation is 2.